The fourth-order valence-electron chi connectivity index (χ4n) is 4.54. The van der Waals surface area contributed by atoms with E-state index in [1.54, 1.807) is 0 Å². The minimum Gasteiger partial charge on any atom is -0.493 e. The highest BCUT2D eigenvalue weighted by Crippen LogP contribution is 2.37. The topological polar surface area (TPSA) is 88.1 Å². The number of Topliss-reactive ketones (excluding diaryl/α,β-unsaturated/α-hetero) is 1. The van der Waals surface area contributed by atoms with Gasteiger partial charge in [0.25, 0.3) is 0 Å². The van der Waals surface area contributed by atoms with Gasteiger partial charge in [-0.15, -0.1) is 0 Å². The number of allylic oxidation sites excluding steroid dienone is 4. The van der Waals surface area contributed by atoms with Crippen LogP contribution in [0.1, 0.15) is 66.7 Å². The van der Waals surface area contributed by atoms with Crippen LogP contribution in [0.25, 0.3) is 0 Å². The first-order valence-electron chi connectivity index (χ1n) is 11.6. The smallest absolute Gasteiger partial charge is 0.309 e. The van der Waals surface area contributed by atoms with Gasteiger partial charge in [-0.05, 0) is 39.5 Å². The molecule has 1 aliphatic carbocycles. The summed E-state index contributed by atoms with van der Waals surface area (Å²) in [6, 6.07) is 0. The van der Waals surface area contributed by atoms with Gasteiger partial charge in [0.2, 0.25) is 11.5 Å². The lowest BCUT2D eigenvalue weighted by atomic mass is 9.77. The zero-order chi connectivity index (χ0) is 24.7. The first kappa shape index (κ1) is 26.7. The van der Waals surface area contributed by atoms with Crippen molar-refractivity contribution >= 4 is 17.7 Å². The molecule has 0 radical (unpaired) electrons. The molecule has 0 aromatic rings. The highest BCUT2D eigenvalue weighted by atomic mass is 16.6. The lowest BCUT2D eigenvalue weighted by Crippen LogP contribution is -2.42. The Morgan fingerprint density at radius 3 is 2.30 bits per heavy atom. The van der Waals surface area contributed by atoms with Crippen LogP contribution in [0, 0.1) is 17.8 Å². The van der Waals surface area contributed by atoms with Gasteiger partial charge in [-0.1, -0.05) is 37.1 Å². The standard InChI is InChI=1S/C26H38O7/c1-15(9-8-10-16(2)13-20-14-17(3)26(29)33-20)11-12-21-18(4)22(28)24(30-6)25(31-7)23(21)32-19(5)27/h10-11,17-18,20-21,23H,8-9,12-14H2,1-7H3/b15-11+,16-10+/t17-,18-,20-,21-,23-/m1/s1. The van der Waals surface area contributed by atoms with Crippen molar-refractivity contribution in [3.05, 3.63) is 34.8 Å². The van der Waals surface area contributed by atoms with E-state index in [-0.39, 0.29) is 47.1 Å². The van der Waals surface area contributed by atoms with Crippen molar-refractivity contribution < 1.29 is 33.3 Å². The molecule has 0 spiro atoms. The molecule has 0 aromatic heterocycles. The summed E-state index contributed by atoms with van der Waals surface area (Å²) in [5.41, 5.74) is 2.42. The van der Waals surface area contributed by atoms with Crippen LogP contribution in [0.5, 0.6) is 0 Å². The van der Waals surface area contributed by atoms with Crippen molar-refractivity contribution in [3.63, 3.8) is 0 Å². The second-order valence-corrected chi connectivity index (χ2v) is 9.22. The maximum atomic E-state index is 12.8. The molecular weight excluding hydrogens is 424 g/mol. The number of esters is 2. The molecule has 0 unspecified atom stereocenters. The highest BCUT2D eigenvalue weighted by Gasteiger charge is 2.45. The Kier molecular flexibility index (Phi) is 9.74. The van der Waals surface area contributed by atoms with Crippen LogP contribution < -0.4 is 0 Å². The molecule has 1 saturated heterocycles. The summed E-state index contributed by atoms with van der Waals surface area (Å²) in [4.78, 5) is 36.1. The van der Waals surface area contributed by atoms with Crippen LogP contribution in [0.4, 0.5) is 0 Å². The lowest BCUT2D eigenvalue weighted by Gasteiger charge is -2.35. The fraction of sp³-hybridized carbons (Fsp3) is 0.654. The largest absolute Gasteiger partial charge is 0.493 e. The first-order valence-corrected chi connectivity index (χ1v) is 11.6. The predicted octanol–water partition coefficient (Wildman–Crippen LogP) is 4.66. The van der Waals surface area contributed by atoms with Crippen LogP contribution in [0.3, 0.4) is 0 Å². The SMILES string of the molecule is COC1=C(OC)[C@H](OC(C)=O)[C@H](C/C=C(\C)CC/C=C(\C)C[C@@H]2C[C@@H](C)C(=O)O2)[C@@H](C)C1=O. The van der Waals surface area contributed by atoms with Crippen LogP contribution in [-0.2, 0) is 33.3 Å². The molecule has 1 aliphatic heterocycles. The molecular formula is C26H38O7. The Hall–Kier alpha value is -2.57. The molecule has 1 heterocycles. The first-order chi connectivity index (χ1) is 15.6. The van der Waals surface area contributed by atoms with Gasteiger partial charge in [-0.3, -0.25) is 14.4 Å². The van der Waals surface area contributed by atoms with Crippen molar-refractivity contribution in [2.45, 2.75) is 78.9 Å². The van der Waals surface area contributed by atoms with E-state index in [2.05, 4.69) is 26.0 Å². The van der Waals surface area contributed by atoms with E-state index in [9.17, 15) is 14.4 Å². The molecule has 33 heavy (non-hydrogen) atoms. The van der Waals surface area contributed by atoms with Crippen LogP contribution in [0.2, 0.25) is 0 Å². The number of methoxy groups -OCH3 is 2. The molecule has 7 heteroatoms. The van der Waals surface area contributed by atoms with E-state index >= 15 is 0 Å². The molecule has 0 amide bonds. The summed E-state index contributed by atoms with van der Waals surface area (Å²) in [6.45, 7) is 9.22. The Balaban J connectivity index is 2.00. The summed E-state index contributed by atoms with van der Waals surface area (Å²) in [5.74, 6) is -0.894. The molecule has 0 bridgehead atoms. The van der Waals surface area contributed by atoms with Gasteiger partial charge >= 0.3 is 11.9 Å². The molecule has 2 rings (SSSR count). The highest BCUT2D eigenvalue weighted by molar-refractivity contribution is 5.97. The summed E-state index contributed by atoms with van der Waals surface area (Å²) >= 11 is 0. The second-order valence-electron chi connectivity index (χ2n) is 9.22. The number of rotatable bonds is 10. The maximum Gasteiger partial charge on any atom is 0.309 e. The number of hydrogen-bond donors (Lipinski definition) is 0. The number of carbonyl (C=O) groups excluding carboxylic acids is 3. The lowest BCUT2D eigenvalue weighted by molar-refractivity contribution is -0.153. The Morgan fingerprint density at radius 1 is 1.06 bits per heavy atom. The Bertz CT molecular complexity index is 836. The average Bonchev–Trinajstić information content (AvgIpc) is 3.06. The Labute approximate surface area is 197 Å². The fourth-order valence-corrected chi connectivity index (χ4v) is 4.54. The Morgan fingerprint density at radius 2 is 1.76 bits per heavy atom. The van der Waals surface area contributed by atoms with Gasteiger partial charge in [0.1, 0.15) is 6.10 Å². The van der Waals surface area contributed by atoms with Gasteiger partial charge in [0.05, 0.1) is 20.1 Å². The normalized spacial score (nSPS) is 28.6. The van der Waals surface area contributed by atoms with Crippen molar-refractivity contribution in [2.75, 3.05) is 14.2 Å². The van der Waals surface area contributed by atoms with Crippen LogP contribution in [0.15, 0.2) is 34.8 Å². The average molecular weight is 463 g/mol. The van der Waals surface area contributed by atoms with Crippen molar-refractivity contribution in [3.8, 4) is 0 Å². The molecule has 7 nitrogen and oxygen atoms in total. The number of ether oxygens (including phenoxy) is 4. The van der Waals surface area contributed by atoms with Crippen LogP contribution >= 0.6 is 0 Å². The molecule has 184 valence electrons. The zero-order valence-electron chi connectivity index (χ0n) is 20.9. The molecule has 0 aromatic carbocycles. The van der Waals surface area contributed by atoms with Gasteiger partial charge < -0.3 is 18.9 Å². The minimum atomic E-state index is -0.669. The van der Waals surface area contributed by atoms with Gasteiger partial charge in [0, 0.05) is 25.2 Å². The molecule has 0 N–H and O–H groups in total. The van der Waals surface area contributed by atoms with E-state index in [0.717, 1.165) is 25.7 Å². The quantitative estimate of drug-likeness (QED) is 0.344. The van der Waals surface area contributed by atoms with E-state index in [1.165, 1.54) is 32.3 Å². The third-order valence-electron chi connectivity index (χ3n) is 6.49. The predicted molar refractivity (Wildman–Crippen MR) is 124 cm³/mol. The van der Waals surface area contributed by atoms with Crippen LogP contribution in [-0.4, -0.2) is 44.1 Å². The second kappa shape index (κ2) is 12.1. The summed E-state index contributed by atoms with van der Waals surface area (Å²) < 4.78 is 21.6. The number of hydrogen-bond acceptors (Lipinski definition) is 7. The van der Waals surface area contributed by atoms with Gasteiger partial charge in [0.15, 0.2) is 11.9 Å². The van der Waals surface area contributed by atoms with Crippen molar-refractivity contribution in [1.29, 1.82) is 0 Å². The van der Waals surface area contributed by atoms with E-state index in [4.69, 9.17) is 18.9 Å². The van der Waals surface area contributed by atoms with Crippen molar-refractivity contribution in [2.24, 2.45) is 17.8 Å². The van der Waals surface area contributed by atoms with E-state index < -0.39 is 12.1 Å². The van der Waals surface area contributed by atoms with E-state index in [1.807, 2.05) is 13.8 Å². The minimum absolute atomic E-state index is 0.00807. The number of carbonyl (C=O) groups is 3. The number of cyclic esters (lactones) is 1. The van der Waals surface area contributed by atoms with Gasteiger partial charge in [-0.2, -0.15) is 0 Å². The zero-order valence-corrected chi connectivity index (χ0v) is 20.9. The molecule has 1 fully saturated rings. The summed E-state index contributed by atoms with van der Waals surface area (Å²) in [6.07, 6.45) is 7.53. The number of ketones is 1. The molecule has 2 aliphatic rings. The molecule has 5 atom stereocenters. The van der Waals surface area contributed by atoms with Gasteiger partial charge in [-0.25, -0.2) is 0 Å². The third-order valence-corrected chi connectivity index (χ3v) is 6.49. The third kappa shape index (κ3) is 6.95. The monoisotopic (exact) mass is 462 g/mol. The maximum absolute atomic E-state index is 12.8. The van der Waals surface area contributed by atoms with Crippen molar-refractivity contribution in [1.82, 2.24) is 0 Å². The summed E-state index contributed by atoms with van der Waals surface area (Å²) in [7, 11) is 2.87. The molecule has 0 saturated carbocycles. The summed E-state index contributed by atoms with van der Waals surface area (Å²) in [5, 5.41) is 0. The van der Waals surface area contributed by atoms with E-state index in [0.29, 0.717) is 6.42 Å².